The molecule has 3 N–H and O–H groups in total. The van der Waals surface area contributed by atoms with Gasteiger partial charge in [0.15, 0.2) is 0 Å². The monoisotopic (exact) mass is 994 g/mol. The SMILES string of the molecule is [3H]CCOC[C@@H]1O[C@@H](O[C@@H]2CC(C(=O)OC)CC(N=[N+]=[N-])[C@H]2O[C@@H]2OC(C)[C@@H](C)[C@H](OCc3ccccc3)C2OCc2ccccc2)C(NC(=O)OCC=C)C(O[C@@H](CC2CCCCC2)C(=O)OB=N)[C@H]1O. The molecule has 388 valence electrons. The number of hydrogen-bond donors (Lipinski definition) is 3. The van der Waals surface area contributed by atoms with E-state index < -0.39 is 104 Å². The van der Waals surface area contributed by atoms with Crippen molar-refractivity contribution in [3.63, 3.8) is 0 Å². The number of aliphatic hydroxyl groups excluding tert-OH is 1. The molecule has 71 heavy (non-hydrogen) atoms. The number of aliphatic hydroxyl groups is 1. The van der Waals surface area contributed by atoms with Crippen molar-refractivity contribution < 1.29 is 72.9 Å². The van der Waals surface area contributed by atoms with Crippen LogP contribution in [-0.4, -0.2) is 137 Å². The maximum absolute atomic E-state index is 13.6. The maximum atomic E-state index is 13.6. The summed E-state index contributed by atoms with van der Waals surface area (Å²) in [4.78, 5) is 43.8. The first kappa shape index (κ1) is 54.0. The third-order valence-electron chi connectivity index (χ3n) is 13.6. The molecule has 2 saturated heterocycles. The number of amides is 1. The number of rotatable bonds is 24. The Bertz CT molecular complexity index is 2060. The molecule has 4 aliphatic rings. The van der Waals surface area contributed by atoms with Gasteiger partial charge in [-0.25, -0.2) is 0 Å². The Kier molecular flexibility index (Phi) is 21.6. The van der Waals surface area contributed by atoms with Crippen molar-refractivity contribution in [3.05, 3.63) is 94.9 Å². The molecule has 0 aromatic heterocycles. The number of ether oxygens (including phenoxy) is 10. The standard InChI is InChI=1S/C50H70BN5O15/c1-6-23-63-50(60)54-40-44(67-38(47(59)71-51-52)24-32-17-11-8-12-18-32)41(57)39(29-62-7-2)69-48(40)68-37-26-35(46(58)61-5)25-36(55-56-53)43(37)70-49-45(65-28-34-21-15-10-16-22-34)42(30(3)31(4)66-49)64-27-33-19-13-9-14-20-33/h6,9-10,13-16,19-22,30-32,35-45,48-49,52,57H,1,7-8,11-12,17-18,23-29H2,2-5H3,(H,54,60)/t30-,31?,35?,36?,37-,38+,39+,40?,41+,42+,43-,44?,45?,48-,49+/m1/s1/i2T. The van der Waals surface area contributed by atoms with Crippen LogP contribution in [0, 0.1) is 23.1 Å². The Labute approximate surface area is 417 Å². The predicted octanol–water partition coefficient (Wildman–Crippen LogP) is 6.62. The molecule has 2 aliphatic carbocycles. The van der Waals surface area contributed by atoms with Crippen LogP contribution in [0.2, 0.25) is 0 Å². The molecule has 0 radical (unpaired) electrons. The van der Waals surface area contributed by atoms with E-state index in [4.69, 9.17) is 58.7 Å². The van der Waals surface area contributed by atoms with Gasteiger partial charge in [0.2, 0.25) is 0 Å². The Hall–Kier alpha value is -4.80. The van der Waals surface area contributed by atoms with Crippen molar-refractivity contribution in [2.45, 2.75) is 165 Å². The number of nitrogens with zero attached hydrogens (tertiary/aromatic N) is 3. The third kappa shape index (κ3) is 15.6. The number of methoxy groups -OCH3 is 1. The van der Waals surface area contributed by atoms with Gasteiger partial charge in [-0.2, -0.15) is 0 Å². The van der Waals surface area contributed by atoms with Crippen LogP contribution in [0.15, 0.2) is 78.4 Å². The molecule has 0 bridgehead atoms. The number of nitrogens with one attached hydrogen (secondary N) is 2. The van der Waals surface area contributed by atoms with E-state index in [2.05, 4.69) is 21.9 Å². The van der Waals surface area contributed by atoms with Gasteiger partial charge in [-0.05, 0) is 23.6 Å². The zero-order chi connectivity index (χ0) is 51.4. The number of azide groups is 1. The van der Waals surface area contributed by atoms with Gasteiger partial charge in [-0.3, -0.25) is 4.79 Å². The van der Waals surface area contributed by atoms with Crippen LogP contribution in [0.3, 0.4) is 0 Å². The molecule has 2 saturated carbocycles. The van der Waals surface area contributed by atoms with Crippen molar-refractivity contribution in [1.82, 2.24) is 5.32 Å². The van der Waals surface area contributed by atoms with Gasteiger partial charge in [-0.15, -0.1) is 0 Å². The molecule has 20 nitrogen and oxygen atoms in total. The van der Waals surface area contributed by atoms with E-state index in [1.54, 1.807) is 0 Å². The molecule has 15 atom stereocenters. The molecular formula is C50H70BN5O15. The first-order chi connectivity index (χ1) is 35.0. The number of hydrogen-bond acceptors (Lipinski definition) is 17. The summed E-state index contributed by atoms with van der Waals surface area (Å²) in [5.74, 6) is -2.55. The molecule has 6 rings (SSSR count). The molecule has 2 aromatic carbocycles. The van der Waals surface area contributed by atoms with Crippen LogP contribution in [0.4, 0.5) is 4.79 Å². The Balaban J connectivity index is 1.40. The van der Waals surface area contributed by atoms with Gasteiger partial charge in [0.25, 0.3) is 0 Å². The number of alkyl carbamates (subject to hydrolysis) is 1. The van der Waals surface area contributed by atoms with E-state index in [1.165, 1.54) is 13.2 Å². The molecule has 6 unspecified atom stereocenters. The van der Waals surface area contributed by atoms with Crippen LogP contribution >= 0.6 is 0 Å². The van der Waals surface area contributed by atoms with Crippen LogP contribution in [0.1, 0.15) is 84.6 Å². The van der Waals surface area contributed by atoms with Crippen molar-refractivity contribution in [2.75, 3.05) is 26.9 Å². The summed E-state index contributed by atoms with van der Waals surface area (Å²) in [5.41, 5.74) is 11.9. The second-order valence-corrected chi connectivity index (χ2v) is 18.4. The molecule has 2 aliphatic heterocycles. The summed E-state index contributed by atoms with van der Waals surface area (Å²) in [6, 6.07) is 16.7. The topological polar surface area (TPSA) is 258 Å². The van der Waals surface area contributed by atoms with Crippen LogP contribution in [0.25, 0.3) is 10.4 Å². The number of carbonyl (C=O) groups excluding carboxylic acids is 3. The quantitative estimate of drug-likeness (QED) is 0.0190. The first-order valence-corrected chi connectivity index (χ1v) is 24.5. The van der Waals surface area contributed by atoms with E-state index in [9.17, 15) is 25.0 Å². The fourth-order valence-corrected chi connectivity index (χ4v) is 9.81. The summed E-state index contributed by atoms with van der Waals surface area (Å²) in [6.07, 6.45) is -7.76. The molecular weight excluding hydrogens is 921 g/mol. The zero-order valence-electron chi connectivity index (χ0n) is 41.8. The summed E-state index contributed by atoms with van der Waals surface area (Å²) >= 11 is 0. The number of benzene rings is 2. The fourth-order valence-electron chi connectivity index (χ4n) is 9.81. The number of carbonyl (C=O) groups is 3. The normalized spacial score (nSPS) is 31.6. The molecule has 2 aromatic rings. The average molecular weight is 994 g/mol. The molecule has 0 spiro atoms. The van der Waals surface area contributed by atoms with Gasteiger partial charge in [0.1, 0.15) is 6.10 Å². The first-order valence-electron chi connectivity index (χ1n) is 25.2. The molecule has 21 heteroatoms. The van der Waals surface area contributed by atoms with E-state index in [1.807, 2.05) is 74.5 Å². The van der Waals surface area contributed by atoms with Crippen LogP contribution in [0.5, 0.6) is 0 Å². The van der Waals surface area contributed by atoms with Crippen molar-refractivity contribution >= 4 is 25.3 Å². The minimum absolute atomic E-state index is 0.0174. The predicted molar refractivity (Wildman–Crippen MR) is 255 cm³/mol. The Morgan fingerprint density at radius 3 is 2.30 bits per heavy atom. The molecule has 4 fully saturated rings. The Morgan fingerprint density at radius 1 is 0.972 bits per heavy atom. The van der Waals surface area contributed by atoms with Crippen molar-refractivity contribution in [3.8, 4) is 0 Å². The van der Waals surface area contributed by atoms with Gasteiger partial charge >= 0.3 is 254 Å². The fraction of sp³-hybridized carbons (Fsp3) is 0.660. The summed E-state index contributed by atoms with van der Waals surface area (Å²) in [5, 5.41) is 26.5. The van der Waals surface area contributed by atoms with E-state index in [0.717, 1.165) is 43.2 Å². The number of esters is 1. The summed E-state index contributed by atoms with van der Waals surface area (Å²) < 4.78 is 76.0. The van der Waals surface area contributed by atoms with Gasteiger partial charge < -0.3 is 18.9 Å². The van der Waals surface area contributed by atoms with Gasteiger partial charge in [-0.1, -0.05) is 67.6 Å². The van der Waals surface area contributed by atoms with Crippen LogP contribution in [-0.2, 0) is 74.8 Å². The van der Waals surface area contributed by atoms with E-state index in [0.29, 0.717) is 7.27 Å². The second kappa shape index (κ2) is 28.4. The minimum atomic E-state index is -1.60. The van der Waals surface area contributed by atoms with Gasteiger partial charge in [0, 0.05) is 10.8 Å². The summed E-state index contributed by atoms with van der Waals surface area (Å²) in [6.45, 7) is 7.32. The van der Waals surface area contributed by atoms with Gasteiger partial charge in [0.05, 0.1) is 32.5 Å². The van der Waals surface area contributed by atoms with E-state index >= 15 is 0 Å². The zero-order valence-corrected chi connectivity index (χ0v) is 40.8. The van der Waals surface area contributed by atoms with Crippen molar-refractivity contribution in [2.24, 2.45) is 22.9 Å². The van der Waals surface area contributed by atoms with Crippen LogP contribution < -0.4 is 5.32 Å². The van der Waals surface area contributed by atoms with E-state index in [-0.39, 0.29) is 71.0 Å². The molecule has 2 heterocycles. The third-order valence-corrected chi connectivity index (χ3v) is 13.6. The summed E-state index contributed by atoms with van der Waals surface area (Å²) in [7, 11) is 1.74. The Morgan fingerprint density at radius 2 is 1.66 bits per heavy atom. The van der Waals surface area contributed by atoms with Crippen molar-refractivity contribution in [1.29, 1.82) is 5.31 Å². The average Bonchev–Trinajstić information content (AvgIpc) is 3.39. The second-order valence-electron chi connectivity index (χ2n) is 18.4. The molecule has 1 amide bonds.